The molecule has 0 saturated carbocycles. The van der Waals surface area contributed by atoms with E-state index in [2.05, 4.69) is 4.98 Å². The van der Waals surface area contributed by atoms with Crippen LogP contribution in [0.15, 0.2) is 36.5 Å². The number of nitrogen functional groups attached to an aromatic ring is 1. The SMILES string of the molecule is COc1ccc(Cl)cc1-c1nc2cc(C)ccn2c1N. The van der Waals surface area contributed by atoms with Crippen LogP contribution in [0.4, 0.5) is 5.82 Å². The van der Waals surface area contributed by atoms with Crippen LogP contribution < -0.4 is 10.5 Å². The molecule has 102 valence electrons. The third kappa shape index (κ3) is 1.98. The Hall–Kier alpha value is -2.20. The number of halogens is 1. The van der Waals surface area contributed by atoms with Crippen LogP contribution in [0, 0.1) is 6.92 Å². The minimum atomic E-state index is 0.570. The first-order valence-electron chi connectivity index (χ1n) is 6.18. The lowest BCUT2D eigenvalue weighted by Gasteiger charge is -2.07. The molecule has 2 N–H and O–H groups in total. The number of pyridine rings is 1. The second-order valence-corrected chi connectivity index (χ2v) is 5.06. The lowest BCUT2D eigenvalue weighted by atomic mass is 10.1. The van der Waals surface area contributed by atoms with Gasteiger partial charge in [-0.2, -0.15) is 0 Å². The average Bonchev–Trinajstić information content (AvgIpc) is 2.75. The molecule has 0 bridgehead atoms. The van der Waals surface area contributed by atoms with Gasteiger partial charge in [-0.15, -0.1) is 0 Å². The summed E-state index contributed by atoms with van der Waals surface area (Å²) < 4.78 is 7.22. The zero-order valence-electron chi connectivity index (χ0n) is 11.2. The molecule has 4 nitrogen and oxygen atoms in total. The van der Waals surface area contributed by atoms with E-state index in [4.69, 9.17) is 22.1 Å². The molecule has 0 aliphatic rings. The van der Waals surface area contributed by atoms with Crippen LogP contribution in [0.5, 0.6) is 5.75 Å². The summed E-state index contributed by atoms with van der Waals surface area (Å²) in [6.45, 7) is 2.02. The highest BCUT2D eigenvalue weighted by Gasteiger charge is 2.15. The Balaban J connectivity index is 2.29. The van der Waals surface area contributed by atoms with Gasteiger partial charge in [0.05, 0.1) is 7.11 Å². The Kier molecular flexibility index (Phi) is 3.03. The number of imidazole rings is 1. The van der Waals surface area contributed by atoms with Crippen molar-refractivity contribution in [3.63, 3.8) is 0 Å². The Morgan fingerprint density at radius 3 is 2.80 bits per heavy atom. The molecule has 3 rings (SSSR count). The predicted molar refractivity (Wildman–Crippen MR) is 81.3 cm³/mol. The van der Waals surface area contributed by atoms with Crippen molar-refractivity contribution >= 4 is 23.1 Å². The van der Waals surface area contributed by atoms with E-state index >= 15 is 0 Å². The summed E-state index contributed by atoms with van der Waals surface area (Å²) >= 11 is 6.07. The third-order valence-electron chi connectivity index (χ3n) is 3.24. The second-order valence-electron chi connectivity index (χ2n) is 4.62. The molecular formula is C15H14ClN3O. The summed E-state index contributed by atoms with van der Waals surface area (Å²) in [6.07, 6.45) is 1.91. The van der Waals surface area contributed by atoms with Gasteiger partial charge >= 0.3 is 0 Å². The number of ether oxygens (including phenoxy) is 1. The summed E-state index contributed by atoms with van der Waals surface area (Å²) in [6, 6.07) is 9.37. The Morgan fingerprint density at radius 2 is 2.05 bits per heavy atom. The monoisotopic (exact) mass is 287 g/mol. The predicted octanol–water partition coefficient (Wildman–Crippen LogP) is 3.55. The molecule has 0 aliphatic carbocycles. The Labute approximate surface area is 121 Å². The lowest BCUT2D eigenvalue weighted by Crippen LogP contribution is -1.95. The van der Waals surface area contributed by atoms with Crippen molar-refractivity contribution in [1.29, 1.82) is 0 Å². The molecular weight excluding hydrogens is 274 g/mol. The van der Waals surface area contributed by atoms with Gasteiger partial charge in [-0.05, 0) is 42.8 Å². The zero-order valence-corrected chi connectivity index (χ0v) is 12.0. The van der Waals surface area contributed by atoms with Crippen molar-refractivity contribution in [3.05, 3.63) is 47.1 Å². The third-order valence-corrected chi connectivity index (χ3v) is 3.47. The Morgan fingerprint density at radius 1 is 1.25 bits per heavy atom. The molecule has 5 heteroatoms. The summed E-state index contributed by atoms with van der Waals surface area (Å²) in [5.74, 6) is 1.27. The van der Waals surface area contributed by atoms with E-state index in [9.17, 15) is 0 Å². The molecule has 1 aromatic carbocycles. The van der Waals surface area contributed by atoms with Crippen molar-refractivity contribution in [3.8, 4) is 17.0 Å². The average molecular weight is 288 g/mol. The Bertz CT molecular complexity index is 795. The van der Waals surface area contributed by atoms with Crippen LogP contribution in [0.2, 0.25) is 5.02 Å². The number of aromatic nitrogens is 2. The maximum Gasteiger partial charge on any atom is 0.139 e. The van der Waals surface area contributed by atoms with Gasteiger partial charge in [-0.1, -0.05) is 11.6 Å². The van der Waals surface area contributed by atoms with Crippen molar-refractivity contribution in [2.45, 2.75) is 6.92 Å². The first kappa shape index (κ1) is 12.8. The van der Waals surface area contributed by atoms with E-state index in [-0.39, 0.29) is 0 Å². The molecule has 3 aromatic rings. The maximum atomic E-state index is 6.20. The minimum Gasteiger partial charge on any atom is -0.496 e. The van der Waals surface area contributed by atoms with Gasteiger partial charge in [0.25, 0.3) is 0 Å². The molecule has 0 aliphatic heterocycles. The highest BCUT2D eigenvalue weighted by molar-refractivity contribution is 6.31. The number of hydrogen-bond donors (Lipinski definition) is 1. The van der Waals surface area contributed by atoms with E-state index in [1.807, 2.05) is 41.8 Å². The van der Waals surface area contributed by atoms with Gasteiger partial charge in [0, 0.05) is 16.8 Å². The summed E-state index contributed by atoms with van der Waals surface area (Å²) in [4.78, 5) is 4.59. The fraction of sp³-hybridized carbons (Fsp3) is 0.133. The number of fused-ring (bicyclic) bond motifs is 1. The van der Waals surface area contributed by atoms with Gasteiger partial charge in [0.15, 0.2) is 0 Å². The van der Waals surface area contributed by atoms with Crippen LogP contribution in [-0.4, -0.2) is 16.5 Å². The van der Waals surface area contributed by atoms with Crippen LogP contribution in [0.25, 0.3) is 16.9 Å². The first-order valence-corrected chi connectivity index (χ1v) is 6.56. The van der Waals surface area contributed by atoms with E-state index in [0.717, 1.165) is 16.8 Å². The number of methoxy groups -OCH3 is 1. The molecule has 0 radical (unpaired) electrons. The molecule has 0 fully saturated rings. The largest absolute Gasteiger partial charge is 0.496 e. The standard InChI is InChI=1S/C15H14ClN3O/c1-9-5-6-19-13(7-9)18-14(15(19)17)11-8-10(16)3-4-12(11)20-2/h3-8H,17H2,1-2H3. The number of nitrogens with zero attached hydrogens (tertiary/aromatic N) is 2. The maximum absolute atomic E-state index is 6.20. The van der Waals surface area contributed by atoms with Gasteiger partial charge in [0.2, 0.25) is 0 Å². The van der Waals surface area contributed by atoms with Crippen LogP contribution >= 0.6 is 11.6 Å². The molecule has 0 atom stereocenters. The van der Waals surface area contributed by atoms with E-state index in [1.165, 1.54) is 0 Å². The molecule has 0 saturated heterocycles. The quantitative estimate of drug-likeness (QED) is 0.784. The molecule has 0 spiro atoms. The van der Waals surface area contributed by atoms with Crippen molar-refractivity contribution in [2.24, 2.45) is 0 Å². The fourth-order valence-electron chi connectivity index (χ4n) is 2.23. The van der Waals surface area contributed by atoms with Crippen LogP contribution in [0.3, 0.4) is 0 Å². The van der Waals surface area contributed by atoms with Gasteiger partial charge < -0.3 is 10.5 Å². The van der Waals surface area contributed by atoms with Gasteiger partial charge in [0.1, 0.15) is 22.9 Å². The summed E-state index contributed by atoms with van der Waals surface area (Å²) in [7, 11) is 1.61. The number of nitrogens with two attached hydrogens (primary N) is 1. The summed E-state index contributed by atoms with van der Waals surface area (Å²) in [5, 5.41) is 0.619. The van der Waals surface area contributed by atoms with E-state index in [0.29, 0.717) is 22.3 Å². The number of benzene rings is 1. The van der Waals surface area contributed by atoms with Gasteiger partial charge in [-0.25, -0.2) is 4.98 Å². The topological polar surface area (TPSA) is 52.5 Å². The highest BCUT2D eigenvalue weighted by Crippen LogP contribution is 2.35. The van der Waals surface area contributed by atoms with Crippen LogP contribution in [-0.2, 0) is 0 Å². The van der Waals surface area contributed by atoms with Crippen molar-refractivity contribution in [1.82, 2.24) is 9.38 Å². The van der Waals surface area contributed by atoms with E-state index < -0.39 is 0 Å². The molecule has 2 heterocycles. The minimum absolute atomic E-state index is 0.570. The molecule has 20 heavy (non-hydrogen) atoms. The number of aryl methyl sites for hydroxylation is 1. The number of anilines is 1. The molecule has 0 amide bonds. The lowest BCUT2D eigenvalue weighted by molar-refractivity contribution is 0.416. The smallest absolute Gasteiger partial charge is 0.139 e. The number of hydrogen-bond acceptors (Lipinski definition) is 3. The fourth-order valence-corrected chi connectivity index (χ4v) is 2.40. The first-order chi connectivity index (χ1) is 9.60. The molecule has 2 aromatic heterocycles. The number of rotatable bonds is 2. The highest BCUT2D eigenvalue weighted by atomic mass is 35.5. The van der Waals surface area contributed by atoms with Crippen LogP contribution in [0.1, 0.15) is 5.56 Å². The second kappa shape index (κ2) is 4.72. The van der Waals surface area contributed by atoms with Crippen molar-refractivity contribution < 1.29 is 4.74 Å². The van der Waals surface area contributed by atoms with E-state index in [1.54, 1.807) is 13.2 Å². The summed E-state index contributed by atoms with van der Waals surface area (Å²) in [5.41, 5.74) is 9.60. The van der Waals surface area contributed by atoms with Crippen molar-refractivity contribution in [2.75, 3.05) is 12.8 Å². The zero-order chi connectivity index (χ0) is 14.3. The van der Waals surface area contributed by atoms with Gasteiger partial charge in [-0.3, -0.25) is 4.40 Å². The normalized spacial score (nSPS) is 10.9. The molecule has 0 unspecified atom stereocenters.